The third kappa shape index (κ3) is 2.17. The van der Waals surface area contributed by atoms with E-state index >= 15 is 0 Å². The second kappa shape index (κ2) is 5.81. The third-order valence-corrected chi connectivity index (χ3v) is 6.99. The number of amides is 2. The van der Waals surface area contributed by atoms with Crippen molar-refractivity contribution < 1.29 is 14.3 Å². The highest BCUT2D eigenvalue weighted by molar-refractivity contribution is 6.24. The summed E-state index contributed by atoms with van der Waals surface area (Å²) in [5.41, 5.74) is 2.30. The van der Waals surface area contributed by atoms with Crippen LogP contribution in [0.5, 0.6) is 11.5 Å². The molecule has 28 heavy (non-hydrogen) atoms. The van der Waals surface area contributed by atoms with Crippen LogP contribution in [0, 0.1) is 37.0 Å². The first-order valence-corrected chi connectivity index (χ1v) is 9.82. The summed E-state index contributed by atoms with van der Waals surface area (Å²) in [6.45, 7) is 6.04. The first kappa shape index (κ1) is 17.2. The molecule has 2 aromatic rings. The lowest BCUT2D eigenvalue weighted by molar-refractivity contribution is -0.127. The Morgan fingerprint density at radius 1 is 1.04 bits per heavy atom. The van der Waals surface area contributed by atoms with E-state index in [1.807, 2.05) is 38.1 Å². The smallest absolute Gasteiger partial charge is 0.241 e. The number of aryl methyl sites for hydroxylation is 1. The van der Waals surface area contributed by atoms with E-state index in [9.17, 15) is 9.59 Å². The zero-order valence-electron chi connectivity index (χ0n) is 16.3. The quantitative estimate of drug-likeness (QED) is 0.574. The van der Waals surface area contributed by atoms with Gasteiger partial charge in [0.15, 0.2) is 0 Å². The highest BCUT2D eigenvalue weighted by Crippen LogP contribution is 2.60. The lowest BCUT2D eigenvalue weighted by Crippen LogP contribution is -2.37. The molecule has 4 unspecified atom stereocenters. The van der Waals surface area contributed by atoms with Gasteiger partial charge in [-0.05, 0) is 80.5 Å². The number of hydrogen-bond acceptors (Lipinski definition) is 3. The molecule has 3 aliphatic rings. The van der Waals surface area contributed by atoms with Crippen molar-refractivity contribution in [3.63, 3.8) is 0 Å². The molecule has 1 saturated heterocycles. The first-order valence-electron chi connectivity index (χ1n) is 9.82. The standard InChI is InChI=1S/C24H23NO3/c1-14-5-4-6-20(15(14)2)28-19-11-9-18(10-12-19)25-22(26)21-16-7-8-17(13-16)24(21,3)23(25)27/h4-12,16-17,21H,13H2,1-3H3. The molecule has 1 saturated carbocycles. The summed E-state index contributed by atoms with van der Waals surface area (Å²) in [7, 11) is 0. The van der Waals surface area contributed by atoms with Gasteiger partial charge in [-0.15, -0.1) is 0 Å². The van der Waals surface area contributed by atoms with Crippen LogP contribution in [0.1, 0.15) is 24.5 Å². The van der Waals surface area contributed by atoms with Gasteiger partial charge in [-0.3, -0.25) is 9.59 Å². The molecule has 0 aromatic heterocycles. The van der Waals surface area contributed by atoms with Crippen molar-refractivity contribution >= 4 is 17.5 Å². The van der Waals surface area contributed by atoms with Crippen molar-refractivity contribution in [1.29, 1.82) is 0 Å². The molecule has 5 rings (SSSR count). The average molecular weight is 373 g/mol. The predicted octanol–water partition coefficient (Wildman–Crippen LogP) is 4.80. The topological polar surface area (TPSA) is 46.6 Å². The van der Waals surface area contributed by atoms with Crippen LogP contribution in [-0.4, -0.2) is 11.8 Å². The second-order valence-corrected chi connectivity index (χ2v) is 8.42. The number of imide groups is 1. The van der Waals surface area contributed by atoms with Crippen molar-refractivity contribution in [3.05, 3.63) is 65.7 Å². The number of fused-ring (bicyclic) bond motifs is 5. The van der Waals surface area contributed by atoms with Crippen LogP contribution in [0.4, 0.5) is 5.69 Å². The minimum Gasteiger partial charge on any atom is -0.457 e. The number of carbonyl (C=O) groups is 2. The number of nitrogens with zero attached hydrogens (tertiary/aromatic N) is 1. The number of carbonyl (C=O) groups excluding carboxylic acids is 2. The molecule has 2 bridgehead atoms. The summed E-state index contributed by atoms with van der Waals surface area (Å²) in [5.74, 6) is 1.52. The predicted molar refractivity (Wildman–Crippen MR) is 107 cm³/mol. The summed E-state index contributed by atoms with van der Waals surface area (Å²) in [6.07, 6.45) is 5.17. The number of benzene rings is 2. The van der Waals surface area contributed by atoms with E-state index in [4.69, 9.17) is 4.74 Å². The number of allylic oxidation sites excluding steroid dienone is 2. The van der Waals surface area contributed by atoms with Gasteiger partial charge in [0.2, 0.25) is 11.8 Å². The van der Waals surface area contributed by atoms with Gasteiger partial charge in [-0.2, -0.15) is 0 Å². The molecule has 0 N–H and O–H groups in total. The van der Waals surface area contributed by atoms with Crippen molar-refractivity contribution in [3.8, 4) is 11.5 Å². The fraction of sp³-hybridized carbons (Fsp3) is 0.333. The molecule has 2 aromatic carbocycles. The Bertz CT molecular complexity index is 1020. The number of anilines is 1. The molecular weight excluding hydrogens is 350 g/mol. The Kier molecular flexibility index (Phi) is 3.57. The van der Waals surface area contributed by atoms with Crippen molar-refractivity contribution in [1.82, 2.24) is 0 Å². The Hall–Kier alpha value is -2.88. The molecule has 2 aliphatic carbocycles. The number of ether oxygens (including phenoxy) is 1. The van der Waals surface area contributed by atoms with Gasteiger partial charge in [-0.1, -0.05) is 24.3 Å². The summed E-state index contributed by atoms with van der Waals surface area (Å²) < 4.78 is 6.00. The van der Waals surface area contributed by atoms with E-state index < -0.39 is 5.41 Å². The van der Waals surface area contributed by atoms with Crippen molar-refractivity contribution in [2.24, 2.45) is 23.2 Å². The minimum atomic E-state index is -0.593. The molecule has 2 amide bonds. The van der Waals surface area contributed by atoms with E-state index in [1.165, 1.54) is 10.5 Å². The lowest BCUT2D eigenvalue weighted by atomic mass is 9.71. The van der Waals surface area contributed by atoms with Crippen LogP contribution in [0.2, 0.25) is 0 Å². The van der Waals surface area contributed by atoms with Crippen molar-refractivity contribution in [2.75, 3.05) is 4.90 Å². The highest BCUT2D eigenvalue weighted by atomic mass is 16.5. The third-order valence-electron chi connectivity index (χ3n) is 6.99. The van der Waals surface area contributed by atoms with E-state index in [1.54, 1.807) is 12.1 Å². The van der Waals surface area contributed by atoms with E-state index in [2.05, 4.69) is 25.1 Å². The number of rotatable bonds is 3. The molecule has 1 heterocycles. The van der Waals surface area contributed by atoms with E-state index in [0.717, 1.165) is 17.7 Å². The Balaban J connectivity index is 1.42. The van der Waals surface area contributed by atoms with E-state index in [0.29, 0.717) is 11.4 Å². The normalized spacial score (nSPS) is 30.2. The number of hydrogen-bond donors (Lipinski definition) is 0. The van der Waals surface area contributed by atoms with Crippen LogP contribution in [0.15, 0.2) is 54.6 Å². The van der Waals surface area contributed by atoms with Crippen molar-refractivity contribution in [2.45, 2.75) is 27.2 Å². The maximum absolute atomic E-state index is 13.2. The molecule has 0 radical (unpaired) electrons. The Morgan fingerprint density at radius 2 is 1.79 bits per heavy atom. The summed E-state index contributed by atoms with van der Waals surface area (Å²) >= 11 is 0. The van der Waals surface area contributed by atoms with Crippen LogP contribution < -0.4 is 9.64 Å². The second-order valence-electron chi connectivity index (χ2n) is 8.42. The lowest BCUT2D eigenvalue weighted by Gasteiger charge is -2.28. The van der Waals surface area contributed by atoms with Gasteiger partial charge in [0.1, 0.15) is 11.5 Å². The zero-order chi connectivity index (χ0) is 19.6. The largest absolute Gasteiger partial charge is 0.457 e. The summed E-state index contributed by atoms with van der Waals surface area (Å²) in [6, 6.07) is 13.2. The minimum absolute atomic E-state index is 0.0625. The van der Waals surface area contributed by atoms with E-state index in [-0.39, 0.29) is 29.6 Å². The monoisotopic (exact) mass is 373 g/mol. The van der Waals surface area contributed by atoms with Crippen LogP contribution >= 0.6 is 0 Å². The molecule has 4 atom stereocenters. The Labute approximate surface area is 164 Å². The Morgan fingerprint density at radius 3 is 2.50 bits per heavy atom. The zero-order valence-corrected chi connectivity index (χ0v) is 16.3. The first-order chi connectivity index (χ1) is 13.4. The van der Waals surface area contributed by atoms with Crippen LogP contribution in [0.25, 0.3) is 0 Å². The SMILES string of the molecule is Cc1cccc(Oc2ccc(N3C(=O)C4C5C=CC(C5)C4(C)C3=O)cc2)c1C. The fourth-order valence-electron chi connectivity index (χ4n) is 5.18. The molecule has 1 aliphatic heterocycles. The van der Waals surface area contributed by atoms with Gasteiger partial charge >= 0.3 is 0 Å². The maximum atomic E-state index is 13.2. The maximum Gasteiger partial charge on any atom is 0.241 e. The van der Waals surface area contributed by atoms with Gasteiger partial charge < -0.3 is 4.74 Å². The molecule has 0 spiro atoms. The molecule has 4 heteroatoms. The summed E-state index contributed by atoms with van der Waals surface area (Å²) in [4.78, 5) is 27.7. The molecular formula is C24H23NO3. The van der Waals surface area contributed by atoms with Gasteiger partial charge in [0.05, 0.1) is 17.0 Å². The van der Waals surface area contributed by atoms with Gasteiger partial charge in [-0.25, -0.2) is 4.90 Å². The van der Waals surface area contributed by atoms with Crippen LogP contribution in [0.3, 0.4) is 0 Å². The summed E-state index contributed by atoms with van der Waals surface area (Å²) in [5, 5.41) is 0. The highest BCUT2D eigenvalue weighted by Gasteiger charge is 2.67. The average Bonchev–Trinajstić information content (AvgIpc) is 3.32. The molecule has 142 valence electrons. The van der Waals surface area contributed by atoms with Gasteiger partial charge in [0.25, 0.3) is 0 Å². The molecule has 2 fully saturated rings. The van der Waals surface area contributed by atoms with Gasteiger partial charge in [0, 0.05) is 0 Å². The fourth-order valence-corrected chi connectivity index (χ4v) is 5.18. The molecule has 4 nitrogen and oxygen atoms in total. The van der Waals surface area contributed by atoms with Crippen LogP contribution in [-0.2, 0) is 9.59 Å².